The van der Waals surface area contributed by atoms with E-state index in [1.807, 2.05) is 12.1 Å². The normalized spacial score (nSPS) is 17.1. The van der Waals surface area contributed by atoms with Crippen molar-refractivity contribution in [2.45, 2.75) is 25.3 Å². The number of thiazole rings is 1. The Labute approximate surface area is 199 Å². The number of anilines is 2. The molecule has 2 aromatic carbocycles. The highest BCUT2D eigenvalue weighted by atomic mass is 35.5. The molecule has 1 N–H and O–H groups in total. The Balaban J connectivity index is 1.19. The lowest BCUT2D eigenvalue weighted by molar-refractivity contribution is 0.221. The number of benzene rings is 2. The van der Waals surface area contributed by atoms with Crippen LogP contribution in [0, 0.1) is 0 Å². The molecular weight excluding hydrogens is 440 g/mol. The number of nitrogens with one attached hydrogen (secondary N) is 1. The molecule has 0 radical (unpaired) electrons. The third-order valence-electron chi connectivity index (χ3n) is 6.37. The maximum atomic E-state index is 6.41. The summed E-state index contributed by atoms with van der Waals surface area (Å²) in [5.41, 5.74) is 4.34. The number of halogens is 1. The molecule has 1 aromatic heterocycles. The van der Waals surface area contributed by atoms with Crippen LogP contribution in [0.5, 0.6) is 5.75 Å². The van der Waals surface area contributed by atoms with E-state index in [1.165, 1.54) is 5.56 Å². The van der Waals surface area contributed by atoms with Gasteiger partial charge in [-0.05, 0) is 37.0 Å². The quantitative estimate of drug-likeness (QED) is 0.523. The van der Waals surface area contributed by atoms with Gasteiger partial charge in [-0.3, -0.25) is 0 Å². The second-order valence-corrected chi connectivity index (χ2v) is 9.90. The lowest BCUT2D eigenvalue weighted by Gasteiger charge is -2.32. The SMILES string of the molecule is CN1CCOc2c(-c3csc(NC4CCN(CCc5ccccc5)CC4)n3)cc(Cl)cc21. The van der Waals surface area contributed by atoms with Gasteiger partial charge in [-0.15, -0.1) is 11.3 Å². The van der Waals surface area contributed by atoms with Crippen molar-refractivity contribution in [3.63, 3.8) is 0 Å². The molecule has 5 nitrogen and oxygen atoms in total. The highest BCUT2D eigenvalue weighted by Gasteiger charge is 2.23. The Hall–Kier alpha value is -2.28. The van der Waals surface area contributed by atoms with Gasteiger partial charge in [0.15, 0.2) is 10.9 Å². The topological polar surface area (TPSA) is 40.6 Å². The molecule has 7 heteroatoms. The van der Waals surface area contributed by atoms with Crippen LogP contribution in [0.4, 0.5) is 10.8 Å². The molecule has 5 rings (SSSR count). The van der Waals surface area contributed by atoms with Gasteiger partial charge in [0.1, 0.15) is 6.61 Å². The van der Waals surface area contributed by atoms with Gasteiger partial charge in [0, 0.05) is 48.7 Å². The lowest BCUT2D eigenvalue weighted by Crippen LogP contribution is -2.40. The minimum atomic E-state index is 0.470. The van der Waals surface area contributed by atoms with E-state index in [0.29, 0.717) is 17.7 Å². The van der Waals surface area contributed by atoms with Crippen LogP contribution in [-0.2, 0) is 6.42 Å². The standard InChI is InChI=1S/C25H29ClN4OS/c1-29-13-14-31-24-21(15-19(26)16-23(24)29)22-17-32-25(28-22)27-20-8-11-30(12-9-20)10-7-18-5-3-2-4-6-18/h2-6,15-17,20H,7-14H2,1H3,(H,27,28). The van der Waals surface area contributed by atoms with Crippen LogP contribution in [0.2, 0.25) is 5.02 Å². The Morgan fingerprint density at radius 2 is 1.97 bits per heavy atom. The van der Waals surface area contributed by atoms with Gasteiger partial charge in [0.2, 0.25) is 0 Å². The number of ether oxygens (including phenoxy) is 1. The predicted octanol–water partition coefficient (Wildman–Crippen LogP) is 5.41. The molecule has 168 valence electrons. The first kappa shape index (κ1) is 21.6. The third kappa shape index (κ3) is 4.87. The molecule has 2 aliphatic rings. The molecule has 0 saturated carbocycles. The van der Waals surface area contributed by atoms with Crippen LogP contribution in [-0.4, -0.2) is 55.8 Å². The van der Waals surface area contributed by atoms with Crippen LogP contribution in [0.1, 0.15) is 18.4 Å². The summed E-state index contributed by atoms with van der Waals surface area (Å²) in [6, 6.07) is 15.2. The minimum Gasteiger partial charge on any atom is -0.489 e. The molecule has 1 saturated heterocycles. The summed E-state index contributed by atoms with van der Waals surface area (Å²) >= 11 is 8.07. The summed E-state index contributed by atoms with van der Waals surface area (Å²) in [7, 11) is 2.07. The number of fused-ring (bicyclic) bond motifs is 1. The number of likely N-dealkylation sites (N-methyl/N-ethyl adjacent to an activating group) is 1. The van der Waals surface area contributed by atoms with Crippen LogP contribution < -0.4 is 15.0 Å². The van der Waals surface area contributed by atoms with E-state index in [1.54, 1.807) is 11.3 Å². The van der Waals surface area contributed by atoms with Crippen molar-refractivity contribution in [2.24, 2.45) is 0 Å². The summed E-state index contributed by atoms with van der Waals surface area (Å²) in [4.78, 5) is 9.64. The molecule has 0 amide bonds. The number of rotatable bonds is 6. The summed E-state index contributed by atoms with van der Waals surface area (Å²) < 4.78 is 6.00. The van der Waals surface area contributed by atoms with Gasteiger partial charge in [-0.1, -0.05) is 41.9 Å². The fourth-order valence-electron chi connectivity index (χ4n) is 4.48. The zero-order chi connectivity index (χ0) is 21.9. The van der Waals surface area contributed by atoms with E-state index in [-0.39, 0.29) is 0 Å². The van der Waals surface area contributed by atoms with Crippen LogP contribution in [0.15, 0.2) is 47.8 Å². The Bertz CT molecular complexity index is 1050. The van der Waals surface area contributed by atoms with Gasteiger partial charge in [0.05, 0.1) is 17.9 Å². The highest BCUT2D eigenvalue weighted by molar-refractivity contribution is 7.14. The van der Waals surface area contributed by atoms with Gasteiger partial charge in [-0.25, -0.2) is 4.98 Å². The van der Waals surface area contributed by atoms with Gasteiger partial charge in [-0.2, -0.15) is 0 Å². The monoisotopic (exact) mass is 468 g/mol. The number of likely N-dealkylation sites (tertiary alicyclic amines) is 1. The van der Waals surface area contributed by atoms with E-state index < -0.39 is 0 Å². The summed E-state index contributed by atoms with van der Waals surface area (Å²) in [5, 5.41) is 7.45. The number of piperidine rings is 1. The van der Waals surface area contributed by atoms with E-state index in [2.05, 4.69) is 57.9 Å². The van der Waals surface area contributed by atoms with E-state index >= 15 is 0 Å². The molecule has 2 aliphatic heterocycles. The molecule has 0 bridgehead atoms. The Kier molecular flexibility index (Phi) is 6.53. The van der Waals surface area contributed by atoms with Crippen LogP contribution in [0.3, 0.4) is 0 Å². The molecule has 32 heavy (non-hydrogen) atoms. The molecule has 0 atom stereocenters. The largest absolute Gasteiger partial charge is 0.489 e. The van der Waals surface area contributed by atoms with Crippen LogP contribution in [0.25, 0.3) is 11.3 Å². The maximum Gasteiger partial charge on any atom is 0.183 e. The van der Waals surface area contributed by atoms with Gasteiger partial charge < -0.3 is 19.9 Å². The van der Waals surface area contributed by atoms with Crippen molar-refractivity contribution in [3.8, 4) is 17.0 Å². The minimum absolute atomic E-state index is 0.470. The summed E-state index contributed by atoms with van der Waals surface area (Å²) in [6.07, 6.45) is 3.41. The average Bonchev–Trinajstić information content (AvgIpc) is 3.28. The van der Waals surface area contributed by atoms with Gasteiger partial charge in [0.25, 0.3) is 0 Å². The van der Waals surface area contributed by atoms with Crippen molar-refractivity contribution in [2.75, 3.05) is 50.1 Å². The predicted molar refractivity (Wildman–Crippen MR) is 135 cm³/mol. The summed E-state index contributed by atoms with van der Waals surface area (Å²) in [6.45, 7) is 4.93. The molecule has 3 heterocycles. The number of hydrogen-bond donors (Lipinski definition) is 1. The van der Waals surface area contributed by atoms with Gasteiger partial charge >= 0.3 is 0 Å². The zero-order valence-corrected chi connectivity index (χ0v) is 20.0. The maximum absolute atomic E-state index is 6.41. The highest BCUT2D eigenvalue weighted by Crippen LogP contribution is 2.43. The molecule has 3 aromatic rings. The van der Waals surface area contributed by atoms with Crippen molar-refractivity contribution in [1.82, 2.24) is 9.88 Å². The second kappa shape index (κ2) is 9.69. The number of hydrogen-bond acceptors (Lipinski definition) is 6. The van der Waals surface area contributed by atoms with E-state index in [9.17, 15) is 0 Å². The molecular formula is C25H29ClN4OS. The summed E-state index contributed by atoms with van der Waals surface area (Å²) in [5.74, 6) is 0.881. The first-order valence-corrected chi connectivity index (χ1v) is 12.6. The smallest absolute Gasteiger partial charge is 0.183 e. The Morgan fingerprint density at radius 1 is 1.16 bits per heavy atom. The van der Waals surface area contributed by atoms with E-state index in [4.69, 9.17) is 21.3 Å². The van der Waals surface area contributed by atoms with Crippen molar-refractivity contribution in [1.29, 1.82) is 0 Å². The fourth-order valence-corrected chi connectivity index (χ4v) is 5.48. The second-order valence-electron chi connectivity index (χ2n) is 8.61. The third-order valence-corrected chi connectivity index (χ3v) is 7.37. The molecule has 0 spiro atoms. The first-order valence-electron chi connectivity index (χ1n) is 11.3. The average molecular weight is 469 g/mol. The van der Waals surface area contributed by atoms with E-state index in [0.717, 1.165) is 73.3 Å². The Morgan fingerprint density at radius 3 is 2.78 bits per heavy atom. The van der Waals surface area contributed by atoms with Crippen molar-refractivity contribution in [3.05, 3.63) is 58.4 Å². The lowest BCUT2D eigenvalue weighted by atomic mass is 10.0. The van der Waals surface area contributed by atoms with Crippen molar-refractivity contribution < 1.29 is 4.74 Å². The first-order chi connectivity index (χ1) is 15.7. The number of aromatic nitrogens is 1. The molecule has 0 unspecified atom stereocenters. The number of nitrogens with zero attached hydrogens (tertiary/aromatic N) is 3. The zero-order valence-electron chi connectivity index (χ0n) is 18.4. The molecule has 0 aliphatic carbocycles. The van der Waals surface area contributed by atoms with Crippen LogP contribution >= 0.6 is 22.9 Å². The van der Waals surface area contributed by atoms with Crippen molar-refractivity contribution >= 4 is 33.8 Å². The molecule has 1 fully saturated rings. The fraction of sp³-hybridized carbons (Fsp3) is 0.400.